The highest BCUT2D eigenvalue weighted by molar-refractivity contribution is 5.98. The molecule has 0 atom stereocenters. The van der Waals surface area contributed by atoms with Crippen molar-refractivity contribution in [3.05, 3.63) is 99.7 Å². The molecule has 0 saturated heterocycles. The lowest BCUT2D eigenvalue weighted by Gasteiger charge is -2.26. The zero-order chi connectivity index (χ0) is 29.0. The molecule has 40 heavy (non-hydrogen) atoms. The molecule has 13 heteroatoms. The van der Waals surface area contributed by atoms with Gasteiger partial charge < -0.3 is 15.2 Å². The summed E-state index contributed by atoms with van der Waals surface area (Å²) in [5.41, 5.74) is -1.06. The summed E-state index contributed by atoms with van der Waals surface area (Å²) in [5, 5.41) is 19.5. The fourth-order valence-corrected chi connectivity index (χ4v) is 4.04. The monoisotopic (exact) mass is 548 g/mol. The first-order valence-electron chi connectivity index (χ1n) is 12.0. The minimum atomic E-state index is -1.28. The number of halogens is 1. The van der Waals surface area contributed by atoms with E-state index in [9.17, 15) is 24.3 Å². The fourth-order valence-electron chi connectivity index (χ4n) is 4.04. The molecule has 12 nitrogen and oxygen atoms in total. The lowest BCUT2D eigenvalue weighted by molar-refractivity contribution is 0.0693. The Kier molecular flexibility index (Phi) is 8.03. The smallest absolute Gasteiger partial charge is 0.377 e. The number of nitrogens with one attached hydrogen (secondary N) is 1. The number of benzene rings is 3. The van der Waals surface area contributed by atoms with E-state index in [0.29, 0.717) is 9.36 Å². The van der Waals surface area contributed by atoms with Crippen LogP contribution in [0.15, 0.2) is 71.5 Å². The maximum atomic E-state index is 15.0. The molecule has 0 bridgehead atoms. The molecule has 0 aliphatic heterocycles. The number of tetrazole rings is 1. The second-order valence-electron chi connectivity index (χ2n) is 8.83. The number of carboxylic acids is 1. The number of ether oxygens (including phenoxy) is 1. The highest BCUT2D eigenvalue weighted by atomic mass is 19.1. The van der Waals surface area contributed by atoms with Crippen LogP contribution >= 0.6 is 0 Å². The first-order chi connectivity index (χ1) is 19.1. The minimum Gasteiger partial charge on any atom is -0.496 e. The van der Waals surface area contributed by atoms with Crippen LogP contribution in [0.25, 0.3) is 5.69 Å². The van der Waals surface area contributed by atoms with Crippen molar-refractivity contribution in [1.82, 2.24) is 25.1 Å². The zero-order valence-electron chi connectivity index (χ0n) is 21.7. The lowest BCUT2D eigenvalue weighted by atomic mass is 10.1. The van der Waals surface area contributed by atoms with Crippen molar-refractivity contribution in [3.8, 4) is 11.4 Å². The third kappa shape index (κ3) is 5.43. The van der Waals surface area contributed by atoms with E-state index in [2.05, 4.69) is 15.7 Å². The lowest BCUT2D eigenvalue weighted by Crippen LogP contribution is -2.45. The van der Waals surface area contributed by atoms with Gasteiger partial charge in [-0.25, -0.2) is 18.8 Å². The summed E-state index contributed by atoms with van der Waals surface area (Å²) in [5.74, 6) is -2.81. The van der Waals surface area contributed by atoms with Crippen molar-refractivity contribution in [3.63, 3.8) is 0 Å². The SMILES string of the molecule is COc1ccc(N(C(=O)n2nnn(-c3c(F)cccc3C(=O)NCc3ccccc3)c2=O)C(C)C)cc1C(=O)O. The van der Waals surface area contributed by atoms with Crippen LogP contribution in [-0.2, 0) is 6.54 Å². The summed E-state index contributed by atoms with van der Waals surface area (Å²) in [4.78, 5) is 52.5. The topological polar surface area (TPSA) is 149 Å². The summed E-state index contributed by atoms with van der Waals surface area (Å²) >= 11 is 0. The number of hydrogen-bond acceptors (Lipinski definition) is 7. The van der Waals surface area contributed by atoms with Gasteiger partial charge >= 0.3 is 17.7 Å². The summed E-state index contributed by atoms with van der Waals surface area (Å²) in [6, 6.07) is 15.2. The Morgan fingerprint density at radius 2 is 1.75 bits per heavy atom. The molecule has 206 valence electrons. The maximum Gasteiger partial charge on any atom is 0.377 e. The van der Waals surface area contributed by atoms with Crippen molar-refractivity contribution in [1.29, 1.82) is 0 Å². The number of methoxy groups -OCH3 is 1. The largest absolute Gasteiger partial charge is 0.496 e. The fraction of sp³-hybridized carbons (Fsp3) is 0.185. The summed E-state index contributed by atoms with van der Waals surface area (Å²) in [6.45, 7) is 3.44. The van der Waals surface area contributed by atoms with E-state index in [-0.39, 0.29) is 29.1 Å². The second kappa shape index (κ2) is 11.6. The molecule has 2 N–H and O–H groups in total. The van der Waals surface area contributed by atoms with Crippen molar-refractivity contribution in [2.75, 3.05) is 12.0 Å². The van der Waals surface area contributed by atoms with E-state index in [1.54, 1.807) is 38.1 Å². The van der Waals surface area contributed by atoms with Crippen LogP contribution in [0.4, 0.5) is 14.9 Å². The summed E-state index contributed by atoms with van der Waals surface area (Å²) in [6.07, 6.45) is 0. The van der Waals surface area contributed by atoms with Gasteiger partial charge in [-0.1, -0.05) is 36.4 Å². The van der Waals surface area contributed by atoms with Gasteiger partial charge in [0.2, 0.25) is 0 Å². The van der Waals surface area contributed by atoms with Gasteiger partial charge in [-0.2, -0.15) is 4.68 Å². The second-order valence-corrected chi connectivity index (χ2v) is 8.83. The standard InChI is InChI=1S/C27H25FN6O6/c1-16(2)32(18-12-13-22(40-3)20(14-18)25(36)37)26(38)34-27(39)33(30-31-34)23-19(10-7-11-21(23)28)24(35)29-15-17-8-5-4-6-9-17/h4-14,16H,15H2,1-3H3,(H,29,35)(H,36,37). The van der Waals surface area contributed by atoms with Crippen LogP contribution in [0.3, 0.4) is 0 Å². The first-order valence-corrected chi connectivity index (χ1v) is 12.0. The number of amides is 2. The molecule has 3 aromatic carbocycles. The van der Waals surface area contributed by atoms with Crippen molar-refractivity contribution in [2.45, 2.75) is 26.4 Å². The van der Waals surface area contributed by atoms with Gasteiger partial charge in [0.05, 0.1) is 12.7 Å². The zero-order valence-corrected chi connectivity index (χ0v) is 21.7. The number of aromatic carboxylic acids is 1. The molecule has 2 amide bonds. The third-order valence-corrected chi connectivity index (χ3v) is 5.92. The Morgan fingerprint density at radius 1 is 1.02 bits per heavy atom. The number of carbonyl (C=O) groups excluding carboxylic acids is 2. The Labute approximate surface area is 227 Å². The van der Waals surface area contributed by atoms with E-state index in [4.69, 9.17) is 4.74 Å². The van der Waals surface area contributed by atoms with Gasteiger partial charge in [0, 0.05) is 18.3 Å². The number of hydrogen-bond donors (Lipinski definition) is 2. The molecule has 0 unspecified atom stereocenters. The van der Waals surface area contributed by atoms with E-state index >= 15 is 4.39 Å². The molecular weight excluding hydrogens is 523 g/mol. The van der Waals surface area contributed by atoms with Crippen LogP contribution < -0.4 is 20.6 Å². The number of anilines is 1. The van der Waals surface area contributed by atoms with E-state index in [1.165, 1.54) is 37.4 Å². The molecule has 0 aliphatic carbocycles. The van der Waals surface area contributed by atoms with Crippen molar-refractivity contribution >= 4 is 23.6 Å². The predicted molar refractivity (Wildman–Crippen MR) is 142 cm³/mol. The van der Waals surface area contributed by atoms with Gasteiger partial charge in [-0.3, -0.25) is 9.69 Å². The number of para-hydroxylation sites is 1. The predicted octanol–water partition coefficient (Wildman–Crippen LogP) is 3.09. The van der Waals surface area contributed by atoms with E-state index in [0.717, 1.165) is 16.5 Å². The summed E-state index contributed by atoms with van der Waals surface area (Å²) in [7, 11) is 1.31. The molecule has 0 aliphatic rings. The Hall–Kier alpha value is -5.33. The maximum absolute atomic E-state index is 15.0. The number of carboxylic acid groups (broad SMARTS) is 1. The average Bonchev–Trinajstić information content (AvgIpc) is 3.32. The van der Waals surface area contributed by atoms with Crippen LogP contribution in [-0.4, -0.2) is 56.0 Å². The molecular formula is C27H25FN6O6. The van der Waals surface area contributed by atoms with Gasteiger partial charge in [0.25, 0.3) is 5.91 Å². The van der Waals surface area contributed by atoms with Crippen LogP contribution in [0.2, 0.25) is 0 Å². The van der Waals surface area contributed by atoms with Crippen LogP contribution in [0.5, 0.6) is 5.75 Å². The average molecular weight is 549 g/mol. The van der Waals surface area contributed by atoms with Crippen molar-refractivity contribution in [2.24, 2.45) is 0 Å². The Balaban J connectivity index is 1.70. The molecule has 0 spiro atoms. The Morgan fingerprint density at radius 3 is 2.40 bits per heavy atom. The Bertz CT molecular complexity index is 1630. The number of nitrogens with zero attached hydrogens (tertiary/aromatic N) is 5. The van der Waals surface area contributed by atoms with Gasteiger partial charge in [-0.05, 0) is 60.2 Å². The molecule has 0 radical (unpaired) electrons. The highest BCUT2D eigenvalue weighted by Gasteiger charge is 2.28. The summed E-state index contributed by atoms with van der Waals surface area (Å²) < 4.78 is 21.0. The van der Waals surface area contributed by atoms with Crippen LogP contribution in [0, 0.1) is 5.82 Å². The molecule has 1 aromatic heterocycles. The minimum absolute atomic E-state index is 0.0770. The number of carbonyl (C=O) groups is 3. The van der Waals surface area contributed by atoms with Gasteiger partial charge in [0.15, 0.2) is 0 Å². The molecule has 4 aromatic rings. The van der Waals surface area contributed by atoms with Crippen LogP contribution in [0.1, 0.15) is 40.1 Å². The van der Waals surface area contributed by atoms with Gasteiger partial charge in [-0.15, -0.1) is 4.68 Å². The van der Waals surface area contributed by atoms with E-state index < -0.39 is 41.1 Å². The van der Waals surface area contributed by atoms with Gasteiger partial charge in [0.1, 0.15) is 22.8 Å². The van der Waals surface area contributed by atoms with Crippen molar-refractivity contribution < 1.29 is 28.6 Å². The van der Waals surface area contributed by atoms with E-state index in [1.807, 2.05) is 6.07 Å². The highest BCUT2D eigenvalue weighted by Crippen LogP contribution is 2.27. The molecule has 0 fully saturated rings. The molecule has 1 heterocycles. The molecule has 4 rings (SSSR count). The number of rotatable bonds is 8. The normalized spacial score (nSPS) is 10.8. The quantitative estimate of drug-likeness (QED) is 0.319. The number of aromatic nitrogens is 4. The third-order valence-electron chi connectivity index (χ3n) is 5.92. The molecule has 0 saturated carbocycles. The first kappa shape index (κ1) is 27.7.